The molecule has 0 saturated carbocycles. The molecule has 0 aliphatic carbocycles. The Labute approximate surface area is 290 Å². The van der Waals surface area contributed by atoms with Crippen molar-refractivity contribution < 1.29 is 38.7 Å². The van der Waals surface area contributed by atoms with Gasteiger partial charge in [0.05, 0.1) is 26.4 Å². The number of esters is 2. The van der Waals surface area contributed by atoms with Crippen molar-refractivity contribution in [2.24, 2.45) is 0 Å². The third-order valence-electron chi connectivity index (χ3n) is 8.60. The largest absolute Gasteiger partial charge is 0.460 e. The van der Waals surface area contributed by atoms with E-state index in [0.29, 0.717) is 0 Å². The van der Waals surface area contributed by atoms with E-state index >= 15 is 0 Å². The van der Waals surface area contributed by atoms with Crippen molar-refractivity contribution in [3.63, 3.8) is 0 Å². The summed E-state index contributed by atoms with van der Waals surface area (Å²) in [5.41, 5.74) is 2.46. The van der Waals surface area contributed by atoms with Crippen LogP contribution in [0.2, 0.25) is 0 Å². The van der Waals surface area contributed by atoms with E-state index in [1.165, 1.54) is 0 Å². The van der Waals surface area contributed by atoms with E-state index in [9.17, 15) is 19.8 Å². The number of benzene rings is 6. The number of aliphatic hydroxyl groups is 2. The molecule has 2 atom stereocenters. The smallest absolute Gasteiger partial charge is 0.333 e. The second kappa shape index (κ2) is 15.2. The van der Waals surface area contributed by atoms with Gasteiger partial charge in [-0.1, -0.05) is 86.0 Å². The van der Waals surface area contributed by atoms with Gasteiger partial charge < -0.3 is 29.2 Å². The van der Waals surface area contributed by atoms with E-state index in [0.717, 1.165) is 65.0 Å². The van der Waals surface area contributed by atoms with Crippen molar-refractivity contribution in [2.45, 2.75) is 39.3 Å². The van der Waals surface area contributed by atoms with Crippen LogP contribution in [0.5, 0.6) is 0 Å². The van der Waals surface area contributed by atoms with Gasteiger partial charge in [-0.25, -0.2) is 9.59 Å². The molecule has 2 N–H and O–H groups in total. The van der Waals surface area contributed by atoms with Crippen LogP contribution in [0.1, 0.15) is 25.0 Å². The topological polar surface area (TPSA) is 112 Å². The molecule has 0 bridgehead atoms. The predicted octanol–water partition coefficient (Wildman–Crippen LogP) is 7.45. The lowest BCUT2D eigenvalue weighted by molar-refractivity contribution is -0.143. The van der Waals surface area contributed by atoms with Crippen LogP contribution in [0, 0.1) is 0 Å². The van der Waals surface area contributed by atoms with E-state index in [1.54, 1.807) is 13.8 Å². The first kappa shape index (κ1) is 34.7. The van der Waals surface area contributed by atoms with Crippen LogP contribution in [-0.4, -0.2) is 60.8 Å². The molecule has 256 valence electrons. The summed E-state index contributed by atoms with van der Waals surface area (Å²) in [5.74, 6) is -1.09. The first-order chi connectivity index (χ1) is 24.1. The van der Waals surface area contributed by atoms with Gasteiger partial charge in [-0.15, -0.1) is 0 Å². The van der Waals surface area contributed by atoms with Crippen LogP contribution in [0.4, 0.5) is 0 Å². The molecule has 8 nitrogen and oxygen atoms in total. The van der Waals surface area contributed by atoms with Crippen molar-refractivity contribution in [3.05, 3.63) is 120 Å². The molecule has 0 amide bonds. The fourth-order valence-corrected chi connectivity index (χ4v) is 6.26. The zero-order valence-corrected chi connectivity index (χ0v) is 28.2. The Hall–Kier alpha value is -5.12. The van der Waals surface area contributed by atoms with Crippen molar-refractivity contribution >= 4 is 65.8 Å². The summed E-state index contributed by atoms with van der Waals surface area (Å²) < 4.78 is 21.8. The second-order valence-corrected chi connectivity index (χ2v) is 12.7. The van der Waals surface area contributed by atoms with Crippen LogP contribution in [0.3, 0.4) is 0 Å². The van der Waals surface area contributed by atoms with Crippen LogP contribution in [0.15, 0.2) is 109 Å². The Morgan fingerprint density at radius 2 is 0.920 bits per heavy atom. The highest BCUT2D eigenvalue weighted by atomic mass is 16.6. The minimum Gasteiger partial charge on any atom is -0.460 e. The Balaban J connectivity index is 1.34. The molecular weight excluding hydrogens is 632 g/mol. The number of aliphatic hydroxyl groups excluding tert-OH is 2. The highest BCUT2D eigenvalue weighted by molar-refractivity contribution is 6.39. The Kier molecular flexibility index (Phi) is 10.6. The molecule has 0 fully saturated rings. The van der Waals surface area contributed by atoms with Gasteiger partial charge in [0.1, 0.15) is 25.4 Å². The molecule has 2 unspecified atom stereocenters. The number of fused-ring (bicyclic) bond motifs is 11. The van der Waals surface area contributed by atoms with Crippen molar-refractivity contribution in [1.29, 1.82) is 0 Å². The average Bonchev–Trinajstić information content (AvgIpc) is 3.12. The van der Waals surface area contributed by atoms with Gasteiger partial charge in [0.25, 0.3) is 0 Å². The summed E-state index contributed by atoms with van der Waals surface area (Å²) in [6.45, 7) is 10.5. The second-order valence-electron chi connectivity index (χ2n) is 12.7. The number of carbonyl (C=O) groups is 2. The number of rotatable bonds is 14. The number of ether oxygens (including phenoxy) is 4. The van der Waals surface area contributed by atoms with Gasteiger partial charge in [-0.2, -0.15) is 0 Å². The summed E-state index contributed by atoms with van der Waals surface area (Å²) in [6, 6.07) is 29.5. The van der Waals surface area contributed by atoms with Gasteiger partial charge in [0, 0.05) is 11.1 Å². The molecule has 6 aromatic carbocycles. The highest BCUT2D eigenvalue weighted by Gasteiger charge is 2.17. The first-order valence-electron chi connectivity index (χ1n) is 16.5. The van der Waals surface area contributed by atoms with E-state index < -0.39 is 24.1 Å². The van der Waals surface area contributed by atoms with Crippen LogP contribution < -0.4 is 0 Å². The van der Waals surface area contributed by atoms with Gasteiger partial charge in [0.2, 0.25) is 0 Å². The normalized spacial score (nSPS) is 12.8. The molecule has 0 spiro atoms. The van der Waals surface area contributed by atoms with Crippen molar-refractivity contribution in [2.75, 3.05) is 26.4 Å². The van der Waals surface area contributed by atoms with Gasteiger partial charge >= 0.3 is 11.9 Å². The minimum absolute atomic E-state index is 0.0149. The maximum absolute atomic E-state index is 11.7. The fourth-order valence-electron chi connectivity index (χ4n) is 6.26. The predicted molar refractivity (Wildman–Crippen MR) is 197 cm³/mol. The molecule has 0 heterocycles. The summed E-state index contributed by atoms with van der Waals surface area (Å²) in [5, 5.41) is 31.8. The molecule has 6 aromatic rings. The zero-order chi connectivity index (χ0) is 35.4. The van der Waals surface area contributed by atoms with E-state index in [2.05, 4.69) is 79.9 Å². The summed E-state index contributed by atoms with van der Waals surface area (Å²) in [7, 11) is 0. The Morgan fingerprint density at radius 1 is 0.540 bits per heavy atom. The van der Waals surface area contributed by atoms with E-state index in [-0.39, 0.29) is 50.8 Å². The fraction of sp³-hybridized carbons (Fsp3) is 0.238. The molecule has 8 heteroatoms. The highest BCUT2D eigenvalue weighted by Crippen LogP contribution is 2.44. The molecule has 6 rings (SSSR count). The first-order valence-corrected chi connectivity index (χ1v) is 16.5. The number of hydrogen-bond acceptors (Lipinski definition) is 8. The number of carbonyl (C=O) groups excluding carboxylic acids is 2. The molecular formula is C42H40O8. The Morgan fingerprint density at radius 3 is 1.42 bits per heavy atom. The van der Waals surface area contributed by atoms with E-state index in [1.807, 2.05) is 18.2 Å². The lowest BCUT2D eigenvalue weighted by Gasteiger charge is -2.18. The molecule has 0 aromatic heterocycles. The third kappa shape index (κ3) is 7.39. The summed E-state index contributed by atoms with van der Waals surface area (Å²) >= 11 is 0. The Bertz CT molecular complexity index is 2270. The van der Waals surface area contributed by atoms with Crippen molar-refractivity contribution in [3.8, 4) is 0 Å². The monoisotopic (exact) mass is 672 g/mol. The molecule has 0 aliphatic rings. The van der Waals surface area contributed by atoms with Crippen LogP contribution in [0.25, 0.3) is 53.9 Å². The maximum atomic E-state index is 11.7. The van der Waals surface area contributed by atoms with Gasteiger partial charge in [-0.05, 0) is 91.0 Å². The van der Waals surface area contributed by atoms with E-state index in [4.69, 9.17) is 18.9 Å². The van der Waals surface area contributed by atoms with Crippen LogP contribution in [-0.2, 0) is 41.8 Å². The molecule has 0 saturated heterocycles. The van der Waals surface area contributed by atoms with Gasteiger partial charge in [-0.3, -0.25) is 0 Å². The molecule has 50 heavy (non-hydrogen) atoms. The lowest BCUT2D eigenvalue weighted by Crippen LogP contribution is -2.23. The summed E-state index contributed by atoms with van der Waals surface area (Å²) in [6.07, 6.45) is -1.90. The maximum Gasteiger partial charge on any atom is 0.333 e. The van der Waals surface area contributed by atoms with Crippen LogP contribution >= 0.6 is 0 Å². The molecule has 0 radical (unpaired) electrons. The van der Waals surface area contributed by atoms with Crippen molar-refractivity contribution in [1.82, 2.24) is 0 Å². The quantitative estimate of drug-likeness (QED) is 0.0698. The zero-order valence-electron chi connectivity index (χ0n) is 28.2. The van der Waals surface area contributed by atoms with Gasteiger partial charge in [0.15, 0.2) is 0 Å². The average molecular weight is 673 g/mol. The lowest BCUT2D eigenvalue weighted by atomic mass is 9.86. The SMILES string of the molecule is C=C(C)C(=O)OCC(O)COCc1ccc2c(c1)c1ccccc1c1c3cc(COCC(O)COC(=O)C(=C)C)ccc3c3ccccc3c21. The minimum atomic E-state index is -0.953. The number of hydrogen-bond donors (Lipinski definition) is 2. The molecule has 0 aliphatic heterocycles. The standard InChI is InChI=1S/C42H40O8/c1-25(2)41(45)49-23-29(43)21-47-19-27-14-16-36-37(17-27)32-10-6-8-12-35(32)40-38-18-28(20-48-22-30(44)24-50-42(46)26(3)4)13-15-33(38)31-9-5-7-11-34(31)39(36)40/h5-18,29-30,43-44H,1,3,19-24H2,2,4H3. The summed E-state index contributed by atoms with van der Waals surface area (Å²) in [4.78, 5) is 23.3. The third-order valence-corrected chi connectivity index (χ3v) is 8.60.